The van der Waals surface area contributed by atoms with E-state index in [1.165, 1.54) is 44.9 Å². The zero-order valence-corrected chi connectivity index (χ0v) is 17.6. The number of rotatable bonds is 18. The van der Waals surface area contributed by atoms with Gasteiger partial charge in [0.1, 0.15) is 0 Å². The summed E-state index contributed by atoms with van der Waals surface area (Å²) >= 11 is 0. The molecule has 0 bridgehead atoms. The fourth-order valence-corrected chi connectivity index (χ4v) is 3.19. The topological polar surface area (TPSA) is 69.4 Å². The van der Waals surface area contributed by atoms with E-state index in [2.05, 4.69) is 25.7 Å². The van der Waals surface area contributed by atoms with Gasteiger partial charge in [0, 0.05) is 6.08 Å². The minimum absolute atomic E-state index is 0.392. The highest BCUT2D eigenvalue weighted by Crippen LogP contribution is 2.24. The van der Waals surface area contributed by atoms with E-state index in [0.29, 0.717) is 12.8 Å². The Balaban J connectivity index is 3.81. The Hall–Kier alpha value is -1.58. The van der Waals surface area contributed by atoms with Crippen molar-refractivity contribution >= 4 is 11.9 Å². The SMILES string of the molecule is C=CC(=O)OC(CC)(CCCCCCC=CCCCCCCCC)C(N)=O. The average Bonchev–Trinajstić information content (AvgIpc) is 2.66. The number of carbonyl (C=O) groups is 2. The van der Waals surface area contributed by atoms with E-state index < -0.39 is 17.5 Å². The van der Waals surface area contributed by atoms with Gasteiger partial charge in [0.15, 0.2) is 5.60 Å². The van der Waals surface area contributed by atoms with Gasteiger partial charge in [0.2, 0.25) is 0 Å². The molecule has 2 N–H and O–H groups in total. The summed E-state index contributed by atoms with van der Waals surface area (Å²) in [5.74, 6) is -1.16. The number of hydrogen-bond donors (Lipinski definition) is 1. The van der Waals surface area contributed by atoms with Crippen LogP contribution in [0.4, 0.5) is 0 Å². The van der Waals surface area contributed by atoms with E-state index in [4.69, 9.17) is 10.5 Å². The first-order chi connectivity index (χ1) is 13.0. The Morgan fingerprint density at radius 1 is 0.889 bits per heavy atom. The third-order valence-electron chi connectivity index (χ3n) is 5.08. The van der Waals surface area contributed by atoms with Gasteiger partial charge in [-0.3, -0.25) is 4.79 Å². The fraction of sp³-hybridized carbons (Fsp3) is 0.739. The lowest BCUT2D eigenvalue weighted by Crippen LogP contribution is -2.47. The van der Waals surface area contributed by atoms with Crippen molar-refractivity contribution in [3.63, 3.8) is 0 Å². The van der Waals surface area contributed by atoms with Crippen molar-refractivity contribution in [3.8, 4) is 0 Å². The van der Waals surface area contributed by atoms with Crippen molar-refractivity contribution in [1.82, 2.24) is 0 Å². The second-order valence-electron chi connectivity index (χ2n) is 7.32. The van der Waals surface area contributed by atoms with Crippen molar-refractivity contribution < 1.29 is 14.3 Å². The molecule has 1 unspecified atom stereocenters. The highest BCUT2D eigenvalue weighted by molar-refractivity contribution is 5.89. The second-order valence-corrected chi connectivity index (χ2v) is 7.32. The van der Waals surface area contributed by atoms with Crippen LogP contribution in [0.25, 0.3) is 0 Å². The van der Waals surface area contributed by atoms with Crippen LogP contribution in [0.2, 0.25) is 0 Å². The quantitative estimate of drug-likeness (QED) is 0.137. The minimum Gasteiger partial charge on any atom is -0.446 e. The molecule has 0 aromatic rings. The first kappa shape index (κ1) is 25.4. The lowest BCUT2D eigenvalue weighted by atomic mass is 9.92. The summed E-state index contributed by atoms with van der Waals surface area (Å²) in [5.41, 5.74) is 4.29. The predicted octanol–water partition coefficient (Wildman–Crippen LogP) is 6.00. The Morgan fingerprint density at radius 2 is 1.41 bits per heavy atom. The molecule has 0 spiro atoms. The van der Waals surface area contributed by atoms with E-state index in [0.717, 1.165) is 38.2 Å². The van der Waals surface area contributed by atoms with Crippen LogP contribution < -0.4 is 5.73 Å². The molecular formula is C23H41NO3. The molecule has 0 saturated carbocycles. The molecule has 0 heterocycles. The standard InChI is InChI=1S/C23H41NO3/c1-4-7-8-9-10-11-12-13-14-15-16-17-18-19-20-23(6-3,22(24)26)27-21(25)5-2/h5,13-14H,2,4,6-12,15-20H2,1,3H3,(H2,24,26). The van der Waals surface area contributed by atoms with Gasteiger partial charge in [-0.1, -0.05) is 77.5 Å². The lowest BCUT2D eigenvalue weighted by molar-refractivity contribution is -0.164. The Morgan fingerprint density at radius 3 is 1.89 bits per heavy atom. The minimum atomic E-state index is -1.19. The van der Waals surface area contributed by atoms with E-state index in [1.807, 2.05) is 6.92 Å². The Labute approximate surface area is 166 Å². The molecule has 156 valence electrons. The van der Waals surface area contributed by atoms with Crippen molar-refractivity contribution in [2.45, 2.75) is 109 Å². The molecule has 0 saturated heterocycles. The fourth-order valence-electron chi connectivity index (χ4n) is 3.19. The first-order valence-electron chi connectivity index (χ1n) is 10.8. The number of nitrogens with two attached hydrogens (primary N) is 1. The molecule has 0 aromatic heterocycles. The number of ether oxygens (including phenoxy) is 1. The van der Waals surface area contributed by atoms with Gasteiger partial charge >= 0.3 is 5.97 Å². The van der Waals surface area contributed by atoms with Crippen molar-refractivity contribution in [2.24, 2.45) is 5.73 Å². The van der Waals surface area contributed by atoms with Gasteiger partial charge in [0.05, 0.1) is 0 Å². The normalized spacial score (nSPS) is 13.4. The molecule has 0 aliphatic heterocycles. The average molecular weight is 380 g/mol. The summed E-state index contributed by atoms with van der Waals surface area (Å²) in [4.78, 5) is 23.3. The number of carbonyl (C=O) groups excluding carboxylic acids is 2. The third kappa shape index (κ3) is 12.4. The summed E-state index contributed by atoms with van der Waals surface area (Å²) in [7, 11) is 0. The number of primary amides is 1. The first-order valence-corrected chi connectivity index (χ1v) is 10.8. The molecule has 0 rings (SSSR count). The van der Waals surface area contributed by atoms with Crippen molar-refractivity contribution in [2.75, 3.05) is 0 Å². The van der Waals surface area contributed by atoms with Crippen molar-refractivity contribution in [1.29, 1.82) is 0 Å². The molecule has 0 aliphatic carbocycles. The van der Waals surface area contributed by atoms with E-state index in [-0.39, 0.29) is 0 Å². The number of allylic oxidation sites excluding steroid dienone is 2. The molecule has 0 aromatic carbocycles. The summed E-state index contributed by atoms with van der Waals surface area (Å²) in [5, 5.41) is 0. The smallest absolute Gasteiger partial charge is 0.331 e. The Kier molecular flexibility index (Phi) is 15.6. The summed E-state index contributed by atoms with van der Waals surface area (Å²) in [6, 6.07) is 0. The molecular weight excluding hydrogens is 338 g/mol. The van der Waals surface area contributed by atoms with Crippen LogP contribution in [0.5, 0.6) is 0 Å². The van der Waals surface area contributed by atoms with Gasteiger partial charge in [-0.2, -0.15) is 0 Å². The summed E-state index contributed by atoms with van der Waals surface area (Å²) in [6.45, 7) is 7.44. The van der Waals surface area contributed by atoms with Crippen molar-refractivity contribution in [3.05, 3.63) is 24.8 Å². The summed E-state index contributed by atoms with van der Waals surface area (Å²) in [6.07, 6.45) is 21.0. The van der Waals surface area contributed by atoms with Crippen LogP contribution in [-0.4, -0.2) is 17.5 Å². The highest BCUT2D eigenvalue weighted by atomic mass is 16.6. The van der Waals surface area contributed by atoms with Gasteiger partial charge in [-0.25, -0.2) is 4.79 Å². The van der Waals surface area contributed by atoms with Crippen LogP contribution >= 0.6 is 0 Å². The van der Waals surface area contributed by atoms with Crippen LogP contribution in [0, 0.1) is 0 Å². The van der Waals surface area contributed by atoms with Gasteiger partial charge < -0.3 is 10.5 Å². The molecule has 0 aliphatic rings. The largest absolute Gasteiger partial charge is 0.446 e. The number of unbranched alkanes of at least 4 members (excludes halogenated alkanes) is 10. The molecule has 1 atom stereocenters. The number of amides is 1. The lowest BCUT2D eigenvalue weighted by Gasteiger charge is -2.28. The molecule has 0 fully saturated rings. The molecule has 4 heteroatoms. The monoisotopic (exact) mass is 379 g/mol. The third-order valence-corrected chi connectivity index (χ3v) is 5.08. The molecule has 0 radical (unpaired) electrons. The van der Waals surface area contributed by atoms with Crippen LogP contribution in [0.1, 0.15) is 104 Å². The second kappa shape index (κ2) is 16.6. The van der Waals surface area contributed by atoms with Crippen LogP contribution in [0.15, 0.2) is 24.8 Å². The van der Waals surface area contributed by atoms with Crippen LogP contribution in [0.3, 0.4) is 0 Å². The molecule has 4 nitrogen and oxygen atoms in total. The summed E-state index contributed by atoms with van der Waals surface area (Å²) < 4.78 is 5.27. The van der Waals surface area contributed by atoms with Gasteiger partial charge in [0.25, 0.3) is 5.91 Å². The zero-order valence-electron chi connectivity index (χ0n) is 17.6. The van der Waals surface area contributed by atoms with Crippen LogP contribution in [-0.2, 0) is 14.3 Å². The molecule has 1 amide bonds. The van der Waals surface area contributed by atoms with Gasteiger partial charge in [-0.15, -0.1) is 0 Å². The van der Waals surface area contributed by atoms with E-state index in [9.17, 15) is 9.59 Å². The maximum absolute atomic E-state index is 11.8. The highest BCUT2D eigenvalue weighted by Gasteiger charge is 2.37. The zero-order chi connectivity index (χ0) is 20.4. The van der Waals surface area contributed by atoms with E-state index in [1.54, 1.807) is 0 Å². The predicted molar refractivity (Wildman–Crippen MR) is 113 cm³/mol. The van der Waals surface area contributed by atoms with Gasteiger partial charge in [-0.05, 0) is 44.9 Å². The van der Waals surface area contributed by atoms with E-state index >= 15 is 0 Å². The molecule has 27 heavy (non-hydrogen) atoms. The Bertz CT molecular complexity index is 445. The number of esters is 1. The number of hydrogen-bond acceptors (Lipinski definition) is 3. The maximum atomic E-state index is 11.8. The maximum Gasteiger partial charge on any atom is 0.331 e.